The van der Waals surface area contributed by atoms with E-state index in [9.17, 15) is 35.4 Å². The molecule has 14 unspecified atom stereocenters. The smallest absolute Gasteiger partial charge is 0.331 e. The number of aliphatic hydroxyl groups is 6. The van der Waals surface area contributed by atoms with Crippen LogP contribution in [0.25, 0.3) is 0 Å². The lowest BCUT2D eigenvalue weighted by atomic mass is 9.91. The van der Waals surface area contributed by atoms with Crippen LogP contribution in [0, 0.1) is 23.2 Å². The molecule has 0 aromatic rings. The molecular weight excluding hydrogens is 716 g/mol. The molecule has 0 aromatic carbocycles. The van der Waals surface area contributed by atoms with Crippen molar-refractivity contribution in [3.8, 4) is 0 Å². The number of allylic oxidation sites excluding steroid dienone is 7. The molecule has 0 spiro atoms. The molecule has 6 N–H and O–H groups in total. The molecule has 0 aromatic heterocycles. The molecule has 0 bridgehead atoms. The second kappa shape index (κ2) is 24.9. The van der Waals surface area contributed by atoms with Gasteiger partial charge in [-0.2, -0.15) is 0 Å². The van der Waals surface area contributed by atoms with Crippen molar-refractivity contribution in [3.63, 3.8) is 0 Å². The quantitative estimate of drug-likeness (QED) is 0.116. The standard InChI is InChI=1S/C45H72O11/c1-10-15-36(48)43(52)33-28-45(33,6)40(49)20-14-19-39-44(55-9)42(51)32(5)27-31(4)23-25-35(47)38(54-8)18-13-16-29(2)26-30(3)22-24-34(46)37(53-7)17-11-12-21-41(50)56-39/h11-12,14,17,19,21-27,29,32-40,42-44,46-49,51-52H,10,13,15-16,18,20,28H2,1-9H3/b17-11+,19-14+,21-12+,24-22+,25-23+,30-26+,31-27+. The lowest BCUT2D eigenvalue weighted by molar-refractivity contribution is -0.152. The zero-order chi connectivity index (χ0) is 42.0. The molecule has 1 fully saturated rings. The van der Waals surface area contributed by atoms with Gasteiger partial charge in [-0.3, -0.25) is 0 Å². The normalized spacial score (nSPS) is 39.2. The van der Waals surface area contributed by atoms with Gasteiger partial charge in [-0.25, -0.2) is 4.79 Å². The summed E-state index contributed by atoms with van der Waals surface area (Å²) in [5, 5.41) is 65.4. The van der Waals surface area contributed by atoms with E-state index in [2.05, 4.69) is 13.0 Å². The average molecular weight is 789 g/mol. The van der Waals surface area contributed by atoms with Crippen molar-refractivity contribution in [2.24, 2.45) is 23.2 Å². The van der Waals surface area contributed by atoms with E-state index in [1.807, 2.05) is 46.8 Å². The van der Waals surface area contributed by atoms with Gasteiger partial charge >= 0.3 is 5.97 Å². The first-order valence-corrected chi connectivity index (χ1v) is 20.1. The predicted octanol–water partition coefficient (Wildman–Crippen LogP) is 5.45. The molecule has 1 heterocycles. The number of methoxy groups -OCH3 is 3. The molecule has 0 saturated heterocycles. The number of rotatable bonds is 11. The van der Waals surface area contributed by atoms with E-state index in [4.69, 9.17) is 18.9 Å². The molecule has 11 nitrogen and oxygen atoms in total. The summed E-state index contributed by atoms with van der Waals surface area (Å²) in [4.78, 5) is 13.1. The highest BCUT2D eigenvalue weighted by molar-refractivity contribution is 5.82. The van der Waals surface area contributed by atoms with E-state index in [-0.39, 0.29) is 18.3 Å². The van der Waals surface area contributed by atoms with Crippen LogP contribution in [0.15, 0.2) is 84.1 Å². The number of carbonyl (C=O) groups is 1. The summed E-state index contributed by atoms with van der Waals surface area (Å²) < 4.78 is 22.7. The largest absolute Gasteiger partial charge is 0.452 e. The Morgan fingerprint density at radius 3 is 2.18 bits per heavy atom. The van der Waals surface area contributed by atoms with Crippen LogP contribution in [-0.2, 0) is 23.7 Å². The van der Waals surface area contributed by atoms with E-state index >= 15 is 0 Å². The monoisotopic (exact) mass is 789 g/mol. The van der Waals surface area contributed by atoms with Crippen molar-refractivity contribution in [1.29, 1.82) is 0 Å². The molecule has 1 aliphatic carbocycles. The summed E-state index contributed by atoms with van der Waals surface area (Å²) in [7, 11) is 4.48. The van der Waals surface area contributed by atoms with Gasteiger partial charge in [-0.1, -0.05) is 112 Å². The van der Waals surface area contributed by atoms with Gasteiger partial charge in [0.2, 0.25) is 0 Å². The van der Waals surface area contributed by atoms with Gasteiger partial charge in [0, 0.05) is 33.3 Å². The van der Waals surface area contributed by atoms with Gasteiger partial charge in [0.05, 0.1) is 36.6 Å². The van der Waals surface area contributed by atoms with Gasteiger partial charge in [0.25, 0.3) is 0 Å². The Kier molecular flexibility index (Phi) is 22.0. The number of hydrogen-bond acceptors (Lipinski definition) is 11. The first-order valence-electron chi connectivity index (χ1n) is 20.1. The number of ether oxygens (including phenoxy) is 4. The number of cyclic esters (lactones) is 1. The number of hydrogen-bond donors (Lipinski definition) is 6. The Balaban J connectivity index is 2.41. The number of aliphatic hydroxyl groups excluding tert-OH is 6. The van der Waals surface area contributed by atoms with E-state index < -0.39 is 78.3 Å². The second-order valence-corrected chi connectivity index (χ2v) is 15.9. The Morgan fingerprint density at radius 1 is 0.893 bits per heavy atom. The maximum Gasteiger partial charge on any atom is 0.331 e. The van der Waals surface area contributed by atoms with Crippen molar-refractivity contribution in [3.05, 3.63) is 84.1 Å². The topological polar surface area (TPSA) is 175 Å². The highest BCUT2D eigenvalue weighted by atomic mass is 16.6. The molecule has 1 saturated carbocycles. The summed E-state index contributed by atoms with van der Waals surface area (Å²) in [5.74, 6) is -1.16. The lowest BCUT2D eigenvalue weighted by Gasteiger charge is -2.30. The van der Waals surface area contributed by atoms with Crippen molar-refractivity contribution in [2.45, 2.75) is 148 Å². The van der Waals surface area contributed by atoms with Crippen molar-refractivity contribution >= 4 is 5.97 Å². The molecule has 14 atom stereocenters. The van der Waals surface area contributed by atoms with Gasteiger partial charge in [0.1, 0.15) is 24.4 Å². The van der Waals surface area contributed by atoms with Crippen molar-refractivity contribution in [1.82, 2.24) is 0 Å². The first-order chi connectivity index (χ1) is 26.5. The maximum absolute atomic E-state index is 13.1. The van der Waals surface area contributed by atoms with Crippen LogP contribution >= 0.6 is 0 Å². The van der Waals surface area contributed by atoms with E-state index in [0.29, 0.717) is 19.3 Å². The molecule has 2 rings (SSSR count). The summed E-state index contributed by atoms with van der Waals surface area (Å²) in [6, 6.07) is 0. The van der Waals surface area contributed by atoms with E-state index in [1.54, 1.807) is 49.6 Å². The molecule has 2 aliphatic rings. The minimum Gasteiger partial charge on any atom is -0.452 e. The molecule has 1 aliphatic heterocycles. The third-order valence-electron chi connectivity index (χ3n) is 11.2. The van der Waals surface area contributed by atoms with Crippen LogP contribution in [-0.4, -0.2) is 119 Å². The van der Waals surface area contributed by atoms with Crippen LogP contribution in [0.4, 0.5) is 0 Å². The van der Waals surface area contributed by atoms with Gasteiger partial charge in [-0.05, 0) is 69.3 Å². The van der Waals surface area contributed by atoms with Crippen LogP contribution < -0.4 is 0 Å². The summed E-state index contributed by atoms with van der Waals surface area (Å²) in [5.41, 5.74) is 1.20. The Morgan fingerprint density at radius 2 is 1.55 bits per heavy atom. The highest BCUT2D eigenvalue weighted by Crippen LogP contribution is 2.58. The van der Waals surface area contributed by atoms with Crippen LogP contribution in [0.5, 0.6) is 0 Å². The molecule has 0 amide bonds. The van der Waals surface area contributed by atoms with Gasteiger partial charge < -0.3 is 49.6 Å². The molecule has 318 valence electrons. The van der Waals surface area contributed by atoms with Crippen LogP contribution in [0.1, 0.15) is 86.5 Å². The highest BCUT2D eigenvalue weighted by Gasteiger charge is 2.58. The average Bonchev–Trinajstić information content (AvgIpc) is 3.86. The number of carbonyl (C=O) groups excluding carboxylic acids is 1. The fraction of sp³-hybridized carbons (Fsp3) is 0.667. The molecule has 0 radical (unpaired) electrons. The Labute approximate surface area is 335 Å². The van der Waals surface area contributed by atoms with Crippen molar-refractivity contribution in [2.75, 3.05) is 21.3 Å². The fourth-order valence-corrected chi connectivity index (χ4v) is 7.41. The van der Waals surface area contributed by atoms with Crippen LogP contribution in [0.3, 0.4) is 0 Å². The summed E-state index contributed by atoms with van der Waals surface area (Å²) >= 11 is 0. The Bertz CT molecular complexity index is 1380. The predicted molar refractivity (Wildman–Crippen MR) is 219 cm³/mol. The third kappa shape index (κ3) is 15.9. The van der Waals surface area contributed by atoms with Crippen LogP contribution in [0.2, 0.25) is 0 Å². The molecular formula is C45H72O11. The molecule has 56 heavy (non-hydrogen) atoms. The fourth-order valence-electron chi connectivity index (χ4n) is 7.41. The lowest BCUT2D eigenvalue weighted by Crippen LogP contribution is -2.43. The minimum atomic E-state index is -1.13. The zero-order valence-corrected chi connectivity index (χ0v) is 35.1. The summed E-state index contributed by atoms with van der Waals surface area (Å²) in [6.07, 6.45) is 15.8. The third-order valence-corrected chi connectivity index (χ3v) is 11.2. The summed E-state index contributed by atoms with van der Waals surface area (Å²) in [6.45, 7) is 11.6. The second-order valence-electron chi connectivity index (χ2n) is 15.9. The van der Waals surface area contributed by atoms with E-state index in [0.717, 1.165) is 30.4 Å². The maximum atomic E-state index is 13.1. The number of esters is 1. The minimum absolute atomic E-state index is 0.177. The Hall–Kier alpha value is -2.71. The van der Waals surface area contributed by atoms with Gasteiger partial charge in [-0.15, -0.1) is 0 Å². The van der Waals surface area contributed by atoms with E-state index in [1.165, 1.54) is 26.4 Å². The molecule has 11 heteroatoms. The van der Waals surface area contributed by atoms with Crippen molar-refractivity contribution < 1.29 is 54.4 Å². The SMILES string of the molecule is CCCC(O)C(O)C1CC1(C)C(O)C/C=C/C1OC(=O)/C=C/C=C/C(OC)C(O)/C=C/C(C)=C/C(C)CCCC(OC)C(O)/C=C/C(C)=C/C(C)C(O)C1OC. The first kappa shape index (κ1) is 49.4. The van der Waals surface area contributed by atoms with Gasteiger partial charge in [0.15, 0.2) is 0 Å². The zero-order valence-electron chi connectivity index (χ0n) is 35.1.